The van der Waals surface area contributed by atoms with Gasteiger partial charge in [-0.15, -0.1) is 0 Å². The Balaban J connectivity index is 1.82. The molecule has 0 N–H and O–H groups in total. The van der Waals surface area contributed by atoms with Crippen molar-refractivity contribution in [3.63, 3.8) is 0 Å². The molecule has 28 heavy (non-hydrogen) atoms. The Morgan fingerprint density at radius 3 is 2.43 bits per heavy atom. The van der Waals surface area contributed by atoms with E-state index in [1.807, 2.05) is 11.8 Å². The maximum atomic E-state index is 13.1. The quantitative estimate of drug-likeness (QED) is 0.733. The third-order valence-corrected chi connectivity index (χ3v) is 5.42. The summed E-state index contributed by atoms with van der Waals surface area (Å²) in [6.07, 6.45) is 1.03. The zero-order valence-corrected chi connectivity index (χ0v) is 16.9. The molecule has 2 saturated heterocycles. The van der Waals surface area contributed by atoms with Gasteiger partial charge in [0.15, 0.2) is 11.5 Å². The molecule has 154 valence electrons. The molecule has 2 fully saturated rings. The normalized spacial score (nSPS) is 22.4. The molecule has 2 amide bonds. The number of carbonyl (C=O) groups excluding carboxylic acids is 2. The minimum absolute atomic E-state index is 0.0263. The van der Waals surface area contributed by atoms with E-state index in [1.165, 1.54) is 21.3 Å². The van der Waals surface area contributed by atoms with Crippen LogP contribution in [0.5, 0.6) is 17.2 Å². The highest BCUT2D eigenvalue weighted by Crippen LogP contribution is 2.42. The van der Waals surface area contributed by atoms with Gasteiger partial charge in [-0.1, -0.05) is 6.92 Å². The van der Waals surface area contributed by atoms with Crippen LogP contribution in [0.4, 0.5) is 5.69 Å². The lowest BCUT2D eigenvalue weighted by Gasteiger charge is -2.36. The SMILES string of the molecule is CC[C@@H]1COCCN1C(=O)[C@H]1CC(=O)N(c2cc(OC)c(OC)c(OC)c2)C1. The van der Waals surface area contributed by atoms with Crippen molar-refractivity contribution in [2.45, 2.75) is 25.8 Å². The molecule has 0 saturated carbocycles. The van der Waals surface area contributed by atoms with Crippen molar-refractivity contribution < 1.29 is 28.5 Å². The average molecular weight is 392 g/mol. The van der Waals surface area contributed by atoms with Crippen molar-refractivity contribution in [1.29, 1.82) is 0 Å². The number of ether oxygens (including phenoxy) is 4. The van der Waals surface area contributed by atoms with Crippen LogP contribution in [0.2, 0.25) is 0 Å². The standard InChI is InChI=1S/C20H28N2O6/c1-5-14-12-28-7-6-21(14)20(24)13-8-18(23)22(11-13)15-9-16(25-2)19(27-4)17(10-15)26-3/h9-10,13-14H,5-8,11-12H2,1-4H3/t13-,14+/m0/s1. The molecule has 3 rings (SSSR count). The predicted octanol–water partition coefficient (Wildman–Crippen LogP) is 1.70. The lowest BCUT2D eigenvalue weighted by molar-refractivity contribution is -0.144. The number of carbonyl (C=O) groups is 2. The van der Waals surface area contributed by atoms with Crippen LogP contribution in [-0.4, -0.2) is 70.4 Å². The highest BCUT2D eigenvalue weighted by molar-refractivity contribution is 6.00. The van der Waals surface area contributed by atoms with Gasteiger partial charge in [-0.2, -0.15) is 0 Å². The van der Waals surface area contributed by atoms with Gasteiger partial charge in [0.05, 0.1) is 52.2 Å². The zero-order chi connectivity index (χ0) is 20.3. The highest BCUT2D eigenvalue weighted by atomic mass is 16.5. The number of methoxy groups -OCH3 is 3. The van der Waals surface area contributed by atoms with E-state index in [9.17, 15) is 9.59 Å². The average Bonchev–Trinajstić information content (AvgIpc) is 3.13. The van der Waals surface area contributed by atoms with Crippen LogP contribution in [0, 0.1) is 5.92 Å². The second-order valence-corrected chi connectivity index (χ2v) is 6.96. The Bertz CT molecular complexity index is 712. The minimum atomic E-state index is -0.362. The van der Waals surface area contributed by atoms with Crippen molar-refractivity contribution in [3.8, 4) is 17.2 Å². The summed E-state index contributed by atoms with van der Waals surface area (Å²) < 4.78 is 21.6. The maximum absolute atomic E-state index is 13.1. The summed E-state index contributed by atoms with van der Waals surface area (Å²) in [6.45, 7) is 4.05. The lowest BCUT2D eigenvalue weighted by Crippen LogP contribution is -2.50. The van der Waals surface area contributed by atoms with E-state index in [4.69, 9.17) is 18.9 Å². The van der Waals surface area contributed by atoms with Gasteiger partial charge in [-0.3, -0.25) is 9.59 Å². The molecular formula is C20H28N2O6. The molecule has 0 unspecified atom stereocenters. The van der Waals surface area contributed by atoms with Gasteiger partial charge in [0.25, 0.3) is 0 Å². The largest absolute Gasteiger partial charge is 0.493 e. The van der Waals surface area contributed by atoms with Gasteiger partial charge in [-0.05, 0) is 6.42 Å². The van der Waals surface area contributed by atoms with Crippen LogP contribution in [-0.2, 0) is 14.3 Å². The Morgan fingerprint density at radius 1 is 1.18 bits per heavy atom. The Morgan fingerprint density at radius 2 is 1.86 bits per heavy atom. The topological polar surface area (TPSA) is 77.5 Å². The Kier molecular flexibility index (Phi) is 6.28. The van der Waals surface area contributed by atoms with E-state index in [1.54, 1.807) is 17.0 Å². The summed E-state index contributed by atoms with van der Waals surface area (Å²) in [7, 11) is 4.59. The first-order chi connectivity index (χ1) is 13.5. The molecule has 1 aromatic rings. The molecule has 2 aliphatic rings. The van der Waals surface area contributed by atoms with Crippen molar-refractivity contribution in [2.24, 2.45) is 5.92 Å². The number of amides is 2. The fourth-order valence-corrected chi connectivity index (χ4v) is 3.86. The van der Waals surface area contributed by atoms with Crippen LogP contribution in [0.3, 0.4) is 0 Å². The van der Waals surface area contributed by atoms with Gasteiger partial charge in [-0.25, -0.2) is 0 Å². The van der Waals surface area contributed by atoms with Crippen LogP contribution in [0.1, 0.15) is 19.8 Å². The first kappa shape index (κ1) is 20.3. The summed E-state index contributed by atoms with van der Waals surface area (Å²) in [5.74, 6) is 0.982. The van der Waals surface area contributed by atoms with Crippen LogP contribution in [0.15, 0.2) is 12.1 Å². The van der Waals surface area contributed by atoms with Gasteiger partial charge in [0.2, 0.25) is 17.6 Å². The van der Waals surface area contributed by atoms with Crippen LogP contribution < -0.4 is 19.1 Å². The number of benzene rings is 1. The molecule has 0 bridgehead atoms. The number of morpholine rings is 1. The van der Waals surface area contributed by atoms with E-state index in [0.29, 0.717) is 49.2 Å². The molecule has 8 nitrogen and oxygen atoms in total. The summed E-state index contributed by atoms with van der Waals surface area (Å²) in [4.78, 5) is 29.3. The van der Waals surface area contributed by atoms with Crippen molar-refractivity contribution in [2.75, 3.05) is 52.5 Å². The Labute approximate surface area is 165 Å². The first-order valence-electron chi connectivity index (χ1n) is 9.52. The number of hydrogen-bond acceptors (Lipinski definition) is 6. The summed E-state index contributed by atoms with van der Waals surface area (Å²) >= 11 is 0. The molecule has 0 radical (unpaired) electrons. The molecule has 2 heterocycles. The minimum Gasteiger partial charge on any atom is -0.493 e. The third-order valence-electron chi connectivity index (χ3n) is 5.42. The fourth-order valence-electron chi connectivity index (χ4n) is 3.86. The number of hydrogen-bond donors (Lipinski definition) is 0. The summed E-state index contributed by atoms with van der Waals surface area (Å²) in [5, 5.41) is 0. The summed E-state index contributed by atoms with van der Waals surface area (Å²) in [5.41, 5.74) is 0.629. The molecule has 0 spiro atoms. The van der Waals surface area contributed by atoms with Gasteiger partial charge in [0.1, 0.15) is 0 Å². The van der Waals surface area contributed by atoms with Gasteiger partial charge < -0.3 is 28.7 Å². The number of nitrogens with zero attached hydrogens (tertiary/aromatic N) is 2. The second-order valence-electron chi connectivity index (χ2n) is 6.96. The van der Waals surface area contributed by atoms with E-state index < -0.39 is 0 Å². The summed E-state index contributed by atoms with van der Waals surface area (Å²) in [6, 6.07) is 3.54. The van der Waals surface area contributed by atoms with E-state index >= 15 is 0 Å². The molecule has 0 aliphatic carbocycles. The zero-order valence-electron chi connectivity index (χ0n) is 16.9. The third kappa shape index (κ3) is 3.73. The molecule has 2 atom stereocenters. The molecular weight excluding hydrogens is 364 g/mol. The van der Waals surface area contributed by atoms with Crippen LogP contribution >= 0.6 is 0 Å². The smallest absolute Gasteiger partial charge is 0.228 e. The van der Waals surface area contributed by atoms with E-state index in [-0.39, 0.29) is 30.2 Å². The predicted molar refractivity (Wildman–Crippen MR) is 103 cm³/mol. The molecule has 8 heteroatoms. The van der Waals surface area contributed by atoms with E-state index in [2.05, 4.69) is 0 Å². The van der Waals surface area contributed by atoms with Crippen molar-refractivity contribution in [1.82, 2.24) is 4.90 Å². The molecule has 2 aliphatic heterocycles. The maximum Gasteiger partial charge on any atom is 0.228 e. The van der Waals surface area contributed by atoms with Crippen molar-refractivity contribution >= 4 is 17.5 Å². The van der Waals surface area contributed by atoms with E-state index in [0.717, 1.165) is 6.42 Å². The van der Waals surface area contributed by atoms with Crippen molar-refractivity contribution in [3.05, 3.63) is 12.1 Å². The van der Waals surface area contributed by atoms with Gasteiger partial charge >= 0.3 is 0 Å². The monoisotopic (exact) mass is 392 g/mol. The molecule has 1 aromatic carbocycles. The van der Waals surface area contributed by atoms with Gasteiger partial charge in [0, 0.05) is 31.6 Å². The lowest BCUT2D eigenvalue weighted by atomic mass is 10.0. The number of rotatable bonds is 6. The first-order valence-corrected chi connectivity index (χ1v) is 9.52. The van der Waals surface area contributed by atoms with Crippen LogP contribution in [0.25, 0.3) is 0 Å². The number of anilines is 1. The highest BCUT2D eigenvalue weighted by Gasteiger charge is 2.39. The molecule has 0 aromatic heterocycles. The Hall–Kier alpha value is -2.48. The second kappa shape index (κ2) is 8.68. The fraction of sp³-hybridized carbons (Fsp3) is 0.600.